The van der Waals surface area contributed by atoms with Crippen LogP contribution < -0.4 is 9.47 Å². The maximum atomic E-state index is 5.49. The third-order valence-electron chi connectivity index (χ3n) is 5.46. The predicted octanol–water partition coefficient (Wildman–Crippen LogP) is 5.62. The largest absolute Gasteiger partial charge is 0.493 e. The van der Waals surface area contributed by atoms with Gasteiger partial charge in [-0.1, -0.05) is 49.2 Å². The number of hydrogen-bond donors (Lipinski definition) is 0. The molecule has 1 fully saturated rings. The molecular weight excluding hydrogens is 382 g/mol. The first-order valence-corrected chi connectivity index (χ1v) is 11.1. The second kappa shape index (κ2) is 9.35. The lowest BCUT2D eigenvalue weighted by Crippen LogP contribution is -2.09. The van der Waals surface area contributed by atoms with E-state index < -0.39 is 0 Å². The first-order chi connectivity index (χ1) is 14.3. The zero-order chi connectivity index (χ0) is 20.1. The first kappa shape index (κ1) is 19.8. The molecule has 1 aliphatic carbocycles. The molecule has 4 rings (SSSR count). The van der Waals surface area contributed by atoms with Gasteiger partial charge in [0.15, 0.2) is 22.5 Å². The second-order valence-electron chi connectivity index (χ2n) is 7.36. The van der Waals surface area contributed by atoms with E-state index in [0.29, 0.717) is 11.5 Å². The molecule has 0 unspecified atom stereocenters. The number of aromatic nitrogens is 3. The van der Waals surface area contributed by atoms with Crippen molar-refractivity contribution < 1.29 is 9.47 Å². The van der Waals surface area contributed by atoms with Crippen LogP contribution in [0.15, 0.2) is 53.7 Å². The van der Waals surface area contributed by atoms with Crippen LogP contribution >= 0.6 is 11.8 Å². The number of hydrogen-bond acceptors (Lipinski definition) is 5. The van der Waals surface area contributed by atoms with E-state index in [1.165, 1.54) is 32.1 Å². The van der Waals surface area contributed by atoms with Crippen molar-refractivity contribution in [2.45, 2.75) is 37.3 Å². The van der Waals surface area contributed by atoms with Gasteiger partial charge in [0, 0.05) is 17.0 Å². The molecule has 0 radical (unpaired) electrons. The number of para-hydroxylation sites is 1. The van der Waals surface area contributed by atoms with Gasteiger partial charge in [-0.25, -0.2) is 0 Å². The Hall–Kier alpha value is -2.47. The molecule has 5 nitrogen and oxygen atoms in total. The van der Waals surface area contributed by atoms with Crippen molar-refractivity contribution in [1.82, 2.24) is 14.8 Å². The summed E-state index contributed by atoms with van der Waals surface area (Å²) in [6, 6.07) is 16.2. The molecule has 1 heterocycles. The van der Waals surface area contributed by atoms with E-state index in [2.05, 4.69) is 26.9 Å². The Morgan fingerprint density at radius 2 is 1.69 bits per heavy atom. The van der Waals surface area contributed by atoms with Crippen LogP contribution in [0, 0.1) is 5.92 Å². The first-order valence-electron chi connectivity index (χ1n) is 10.2. The number of nitrogens with zero attached hydrogens (tertiary/aromatic N) is 3. The molecule has 0 amide bonds. The Labute approximate surface area is 176 Å². The molecule has 29 heavy (non-hydrogen) atoms. The molecule has 0 N–H and O–H groups in total. The topological polar surface area (TPSA) is 49.2 Å². The summed E-state index contributed by atoms with van der Waals surface area (Å²) < 4.78 is 13.0. The fraction of sp³-hybridized carbons (Fsp3) is 0.391. The monoisotopic (exact) mass is 409 g/mol. The maximum absolute atomic E-state index is 5.49. The Balaban J connectivity index is 1.69. The Kier molecular flexibility index (Phi) is 6.39. The van der Waals surface area contributed by atoms with E-state index in [0.717, 1.165) is 33.9 Å². The van der Waals surface area contributed by atoms with E-state index in [4.69, 9.17) is 9.47 Å². The standard InChI is InChI=1S/C23H27N3O2S/c1-27-20-14-13-18(15-21(20)28-2)22-24-25-23(26(22)19-11-7-4-8-12-19)29-16-17-9-5-3-6-10-17/h4,7-8,11-15,17H,3,5-6,9-10,16H2,1-2H3. The number of benzene rings is 2. The number of thioether (sulfide) groups is 1. The van der Waals surface area contributed by atoms with E-state index in [-0.39, 0.29) is 0 Å². The highest BCUT2D eigenvalue weighted by Crippen LogP contribution is 2.35. The van der Waals surface area contributed by atoms with Crippen LogP contribution in [-0.2, 0) is 0 Å². The van der Waals surface area contributed by atoms with E-state index in [9.17, 15) is 0 Å². The van der Waals surface area contributed by atoms with Gasteiger partial charge < -0.3 is 9.47 Å². The molecule has 0 spiro atoms. The summed E-state index contributed by atoms with van der Waals surface area (Å²) in [5.74, 6) is 4.07. The van der Waals surface area contributed by atoms with E-state index >= 15 is 0 Å². The zero-order valence-corrected chi connectivity index (χ0v) is 17.8. The van der Waals surface area contributed by atoms with Crippen LogP contribution in [0.4, 0.5) is 0 Å². The number of ether oxygens (including phenoxy) is 2. The minimum atomic E-state index is 0.684. The predicted molar refractivity (Wildman–Crippen MR) is 117 cm³/mol. The van der Waals surface area contributed by atoms with Gasteiger partial charge in [-0.2, -0.15) is 0 Å². The van der Waals surface area contributed by atoms with Gasteiger partial charge in [0.2, 0.25) is 0 Å². The highest BCUT2D eigenvalue weighted by molar-refractivity contribution is 7.99. The fourth-order valence-corrected chi connectivity index (χ4v) is 5.02. The third-order valence-corrected chi connectivity index (χ3v) is 6.62. The van der Waals surface area contributed by atoms with Crippen LogP contribution in [0.25, 0.3) is 17.1 Å². The van der Waals surface area contributed by atoms with Crippen molar-refractivity contribution in [3.8, 4) is 28.6 Å². The molecule has 0 aliphatic heterocycles. The van der Waals surface area contributed by atoms with E-state index in [1.54, 1.807) is 14.2 Å². The minimum Gasteiger partial charge on any atom is -0.493 e. The molecule has 0 saturated heterocycles. The Morgan fingerprint density at radius 1 is 0.931 bits per heavy atom. The number of methoxy groups -OCH3 is 2. The van der Waals surface area contributed by atoms with Crippen molar-refractivity contribution in [1.29, 1.82) is 0 Å². The Morgan fingerprint density at radius 3 is 2.41 bits per heavy atom. The highest BCUT2D eigenvalue weighted by Gasteiger charge is 2.20. The van der Waals surface area contributed by atoms with Gasteiger partial charge in [-0.3, -0.25) is 4.57 Å². The minimum absolute atomic E-state index is 0.684. The van der Waals surface area contributed by atoms with Crippen LogP contribution in [0.1, 0.15) is 32.1 Å². The molecule has 0 bridgehead atoms. The summed E-state index contributed by atoms with van der Waals surface area (Å²) in [5.41, 5.74) is 2.01. The fourth-order valence-electron chi connectivity index (χ4n) is 3.88. The van der Waals surface area contributed by atoms with Gasteiger partial charge in [-0.05, 0) is 49.1 Å². The Bertz CT molecular complexity index is 937. The van der Waals surface area contributed by atoms with Crippen LogP contribution in [0.5, 0.6) is 11.5 Å². The average molecular weight is 410 g/mol. The van der Waals surface area contributed by atoms with Crippen LogP contribution in [0.3, 0.4) is 0 Å². The summed E-state index contributed by atoms with van der Waals surface area (Å²) >= 11 is 1.81. The quantitative estimate of drug-likeness (QED) is 0.474. The molecular formula is C23H27N3O2S. The average Bonchev–Trinajstić information content (AvgIpc) is 3.22. The smallest absolute Gasteiger partial charge is 0.196 e. The molecule has 1 aromatic heterocycles. The van der Waals surface area contributed by atoms with Gasteiger partial charge >= 0.3 is 0 Å². The normalized spacial score (nSPS) is 14.7. The molecule has 0 atom stereocenters. The lowest BCUT2D eigenvalue weighted by atomic mass is 9.91. The zero-order valence-electron chi connectivity index (χ0n) is 17.0. The van der Waals surface area contributed by atoms with Crippen molar-refractivity contribution in [2.24, 2.45) is 5.92 Å². The summed E-state index contributed by atoms with van der Waals surface area (Å²) in [7, 11) is 3.29. The van der Waals surface area contributed by atoms with Crippen molar-refractivity contribution in [2.75, 3.05) is 20.0 Å². The molecule has 1 saturated carbocycles. The van der Waals surface area contributed by atoms with Crippen molar-refractivity contribution in [3.63, 3.8) is 0 Å². The summed E-state index contributed by atoms with van der Waals surface area (Å²) in [4.78, 5) is 0. The van der Waals surface area contributed by atoms with Crippen molar-refractivity contribution >= 4 is 11.8 Å². The van der Waals surface area contributed by atoms with Gasteiger partial charge in [0.05, 0.1) is 14.2 Å². The summed E-state index contributed by atoms with van der Waals surface area (Å²) in [6.45, 7) is 0. The lowest BCUT2D eigenvalue weighted by Gasteiger charge is -2.20. The maximum Gasteiger partial charge on any atom is 0.196 e. The van der Waals surface area contributed by atoms with Gasteiger partial charge in [0.1, 0.15) is 0 Å². The van der Waals surface area contributed by atoms with E-state index in [1.807, 2.05) is 48.2 Å². The number of rotatable bonds is 7. The highest BCUT2D eigenvalue weighted by atomic mass is 32.2. The second-order valence-corrected chi connectivity index (χ2v) is 8.35. The summed E-state index contributed by atoms with van der Waals surface area (Å²) in [5, 5.41) is 10.0. The molecule has 152 valence electrons. The molecule has 3 aromatic rings. The third kappa shape index (κ3) is 4.42. The van der Waals surface area contributed by atoms with Gasteiger partial charge in [0.25, 0.3) is 0 Å². The van der Waals surface area contributed by atoms with Crippen molar-refractivity contribution in [3.05, 3.63) is 48.5 Å². The molecule has 1 aliphatic rings. The summed E-state index contributed by atoms with van der Waals surface area (Å²) in [6.07, 6.45) is 6.75. The lowest BCUT2D eigenvalue weighted by molar-refractivity contribution is 0.355. The van der Waals surface area contributed by atoms with Gasteiger partial charge in [-0.15, -0.1) is 10.2 Å². The molecule has 6 heteroatoms. The van der Waals surface area contributed by atoms with Crippen LogP contribution in [0.2, 0.25) is 0 Å². The SMILES string of the molecule is COc1ccc(-c2nnc(SCC3CCCCC3)n2-c2ccccc2)cc1OC. The van der Waals surface area contributed by atoms with Crippen LogP contribution in [-0.4, -0.2) is 34.7 Å². The molecule has 2 aromatic carbocycles.